The molecular weight excluding hydrogens is 827 g/mol. The number of anilines is 2. The number of likely N-dealkylation sites (tertiary alicyclic amines) is 4. The lowest BCUT2D eigenvalue weighted by Crippen LogP contribution is -2.52. The van der Waals surface area contributed by atoms with Crippen molar-refractivity contribution in [3.8, 4) is 0 Å². The SMILES string of the molecule is Nc1c(Cl)cc(C[C@@H](OC(=O)N2CCC(N3CCc4ccccc4NC3=O)CC2)C(=O)N2CCC(C3CCN(CCC(=O)OCCN4CCCCC4)CC3)CC2)cc1C(F)(F)F. The van der Waals surface area contributed by atoms with Crippen molar-refractivity contribution in [1.82, 2.24) is 24.5 Å². The molecule has 4 saturated heterocycles. The van der Waals surface area contributed by atoms with Crippen LogP contribution in [-0.4, -0.2) is 139 Å². The fraction of sp³-hybridized carbons (Fsp3) is 0.644. The molecular formula is C45H61ClF3N7O6. The summed E-state index contributed by atoms with van der Waals surface area (Å²) in [5.41, 5.74) is 5.89. The number of nitrogens with one attached hydrogen (secondary N) is 1. The molecule has 4 amide bonds. The third-order valence-corrected chi connectivity index (χ3v) is 14.0. The summed E-state index contributed by atoms with van der Waals surface area (Å²) in [5, 5.41) is 2.69. The Labute approximate surface area is 367 Å². The van der Waals surface area contributed by atoms with Crippen molar-refractivity contribution in [3.05, 3.63) is 58.1 Å². The summed E-state index contributed by atoms with van der Waals surface area (Å²) in [5.74, 6) is 0.256. The first-order valence-corrected chi connectivity index (χ1v) is 22.9. The molecule has 0 aliphatic carbocycles. The molecule has 0 aromatic heterocycles. The van der Waals surface area contributed by atoms with Crippen molar-refractivity contribution < 1.29 is 41.8 Å². The van der Waals surface area contributed by atoms with Gasteiger partial charge >= 0.3 is 24.3 Å². The van der Waals surface area contributed by atoms with Gasteiger partial charge in [0.1, 0.15) is 6.61 Å². The van der Waals surface area contributed by atoms with E-state index in [1.807, 2.05) is 29.2 Å². The monoisotopic (exact) mass is 887 g/mol. The van der Waals surface area contributed by atoms with Crippen molar-refractivity contribution in [2.24, 2.45) is 11.8 Å². The minimum Gasteiger partial charge on any atom is -0.464 e. The molecule has 7 rings (SSSR count). The van der Waals surface area contributed by atoms with Crippen molar-refractivity contribution in [3.63, 3.8) is 0 Å². The van der Waals surface area contributed by atoms with Crippen LogP contribution in [-0.2, 0) is 38.1 Å². The van der Waals surface area contributed by atoms with Gasteiger partial charge in [-0.1, -0.05) is 36.2 Å². The van der Waals surface area contributed by atoms with E-state index in [1.165, 1.54) is 30.2 Å². The minimum absolute atomic E-state index is 0.0712. The maximum absolute atomic E-state index is 14.2. The van der Waals surface area contributed by atoms with Crippen LogP contribution >= 0.6 is 11.6 Å². The van der Waals surface area contributed by atoms with Gasteiger partial charge in [0.05, 0.1) is 22.7 Å². The standard InChI is InChI=1S/C45H61ClF3N7O6/c46-37-29-31(28-36(41(37)50)45(47,48)49)30-39(62-44(60)55-23-13-35(14-24-55)56-25-12-34-6-2-3-7-38(34)51-43(56)59)42(58)54-21-10-33(11-22-54)32-8-18-53(19-9-32)20-15-40(57)61-27-26-52-16-4-1-5-17-52/h2-3,6-7,28-29,32-33,35,39H,1,4-5,8-27,30,50H2,(H,51,59)/t39-/m1/s1. The van der Waals surface area contributed by atoms with Crippen LogP contribution in [0.5, 0.6) is 0 Å². The molecule has 3 N–H and O–H groups in total. The van der Waals surface area contributed by atoms with Crippen molar-refractivity contribution >= 4 is 47.0 Å². The number of rotatable bonds is 12. The molecule has 0 unspecified atom stereocenters. The van der Waals surface area contributed by atoms with E-state index in [1.54, 1.807) is 4.90 Å². The van der Waals surface area contributed by atoms with Gasteiger partial charge in [0.15, 0.2) is 6.10 Å². The third-order valence-electron chi connectivity index (χ3n) is 13.6. The van der Waals surface area contributed by atoms with Crippen molar-refractivity contribution in [2.75, 3.05) is 89.6 Å². The molecule has 0 bridgehead atoms. The number of hydrogen-bond acceptors (Lipinski definition) is 9. The summed E-state index contributed by atoms with van der Waals surface area (Å²) in [7, 11) is 0. The van der Waals surface area contributed by atoms with Crippen LogP contribution in [0.4, 0.5) is 34.1 Å². The Morgan fingerprint density at radius 3 is 2.16 bits per heavy atom. The van der Waals surface area contributed by atoms with Crippen LogP contribution in [0.1, 0.15) is 80.9 Å². The Hall–Kier alpha value is -4.28. The number of alkyl halides is 3. The smallest absolute Gasteiger partial charge is 0.418 e. The molecule has 2 aromatic carbocycles. The third kappa shape index (κ3) is 11.8. The molecule has 0 saturated carbocycles. The van der Waals surface area contributed by atoms with Crippen LogP contribution in [0.2, 0.25) is 5.02 Å². The highest BCUT2D eigenvalue weighted by atomic mass is 35.5. The second kappa shape index (κ2) is 20.9. The number of para-hydroxylation sites is 1. The molecule has 17 heteroatoms. The molecule has 0 spiro atoms. The predicted octanol–water partition coefficient (Wildman–Crippen LogP) is 6.91. The second-order valence-corrected chi connectivity index (χ2v) is 18.0. The van der Waals surface area contributed by atoms with Gasteiger partial charge < -0.3 is 40.1 Å². The number of carbonyl (C=O) groups excluding carboxylic acids is 4. The van der Waals surface area contributed by atoms with E-state index in [4.69, 9.17) is 26.8 Å². The van der Waals surface area contributed by atoms with Crippen LogP contribution in [0.25, 0.3) is 0 Å². The first kappa shape index (κ1) is 45.7. The zero-order valence-electron chi connectivity index (χ0n) is 35.5. The summed E-state index contributed by atoms with van der Waals surface area (Å²) in [6, 6.07) is 9.54. The number of fused-ring (bicyclic) bond motifs is 1. The quantitative estimate of drug-likeness (QED) is 0.172. The molecule has 13 nitrogen and oxygen atoms in total. The fourth-order valence-corrected chi connectivity index (χ4v) is 10.2. The highest BCUT2D eigenvalue weighted by Gasteiger charge is 2.39. The number of benzene rings is 2. The first-order chi connectivity index (χ1) is 29.8. The molecule has 2 aromatic rings. The van der Waals surface area contributed by atoms with Gasteiger partial charge in [-0.15, -0.1) is 0 Å². The molecule has 5 heterocycles. The molecule has 62 heavy (non-hydrogen) atoms. The predicted molar refractivity (Wildman–Crippen MR) is 230 cm³/mol. The zero-order chi connectivity index (χ0) is 43.8. The molecule has 5 aliphatic rings. The Morgan fingerprint density at radius 2 is 1.47 bits per heavy atom. The number of ether oxygens (including phenoxy) is 2. The van der Waals surface area contributed by atoms with Crippen LogP contribution < -0.4 is 11.1 Å². The number of halogens is 4. The van der Waals surface area contributed by atoms with Crippen LogP contribution in [0.3, 0.4) is 0 Å². The maximum atomic E-state index is 14.2. The van der Waals surface area contributed by atoms with Gasteiger partial charge in [0.2, 0.25) is 0 Å². The number of hydrogen-bond donors (Lipinski definition) is 2. The van der Waals surface area contributed by atoms with Crippen LogP contribution in [0, 0.1) is 11.8 Å². The number of nitrogens with zero attached hydrogens (tertiary/aromatic N) is 5. The topological polar surface area (TPSA) is 141 Å². The number of urea groups is 1. The molecule has 0 radical (unpaired) electrons. The Kier molecular flexibility index (Phi) is 15.4. The normalized spacial score (nSPS) is 20.9. The Balaban J connectivity index is 0.911. The number of nitrogen functional groups attached to an aromatic ring is 1. The Morgan fingerprint density at radius 1 is 0.823 bits per heavy atom. The Bertz CT molecular complexity index is 1880. The number of piperidine rings is 4. The van der Waals surface area contributed by atoms with Gasteiger partial charge in [-0.25, -0.2) is 9.59 Å². The largest absolute Gasteiger partial charge is 0.464 e. The zero-order valence-corrected chi connectivity index (χ0v) is 36.3. The number of carbonyl (C=O) groups is 4. The first-order valence-electron chi connectivity index (χ1n) is 22.5. The maximum Gasteiger partial charge on any atom is 0.418 e. The number of esters is 1. The second-order valence-electron chi connectivity index (χ2n) is 17.6. The number of amides is 4. The average Bonchev–Trinajstić information content (AvgIpc) is 3.44. The van der Waals surface area contributed by atoms with E-state index in [9.17, 15) is 32.3 Å². The minimum atomic E-state index is -4.78. The lowest BCUT2D eigenvalue weighted by Gasteiger charge is -2.41. The lowest BCUT2D eigenvalue weighted by molar-refractivity contribution is -0.145. The van der Waals surface area contributed by atoms with Gasteiger partial charge in [0.25, 0.3) is 5.91 Å². The van der Waals surface area contributed by atoms with Gasteiger partial charge in [-0.05, 0) is 125 Å². The summed E-state index contributed by atoms with van der Waals surface area (Å²) in [6.07, 6.45) is 2.03. The summed E-state index contributed by atoms with van der Waals surface area (Å²) in [6.45, 7) is 7.81. The van der Waals surface area contributed by atoms with E-state index >= 15 is 0 Å². The highest BCUT2D eigenvalue weighted by Crippen LogP contribution is 2.39. The highest BCUT2D eigenvalue weighted by molar-refractivity contribution is 6.33. The van der Waals surface area contributed by atoms with E-state index in [2.05, 4.69) is 15.1 Å². The van der Waals surface area contributed by atoms with Gasteiger partial charge in [-0.2, -0.15) is 13.2 Å². The molecule has 5 aliphatic heterocycles. The summed E-state index contributed by atoms with van der Waals surface area (Å²) in [4.78, 5) is 63.2. The number of nitrogens with two attached hydrogens (primary N) is 1. The molecule has 1 atom stereocenters. The van der Waals surface area contributed by atoms with Crippen molar-refractivity contribution in [2.45, 2.75) is 95.4 Å². The van der Waals surface area contributed by atoms with Gasteiger partial charge in [0, 0.05) is 64.0 Å². The molecule has 4 fully saturated rings. The van der Waals surface area contributed by atoms with Gasteiger partial charge in [-0.3, -0.25) is 14.5 Å². The van der Waals surface area contributed by atoms with E-state index in [0.717, 1.165) is 75.7 Å². The average molecular weight is 888 g/mol. The lowest BCUT2D eigenvalue weighted by atomic mass is 9.78. The van der Waals surface area contributed by atoms with E-state index in [-0.39, 0.29) is 48.1 Å². The summed E-state index contributed by atoms with van der Waals surface area (Å²) < 4.78 is 53.3. The molecule has 340 valence electrons. The van der Waals surface area contributed by atoms with Crippen LogP contribution in [0.15, 0.2) is 36.4 Å². The van der Waals surface area contributed by atoms with Crippen molar-refractivity contribution in [1.29, 1.82) is 0 Å². The summed E-state index contributed by atoms with van der Waals surface area (Å²) >= 11 is 6.17. The van der Waals surface area contributed by atoms with E-state index in [0.29, 0.717) is 70.3 Å². The van der Waals surface area contributed by atoms with E-state index < -0.39 is 35.5 Å². The fourth-order valence-electron chi connectivity index (χ4n) is 9.95.